The lowest BCUT2D eigenvalue weighted by Gasteiger charge is -2.39. The summed E-state index contributed by atoms with van der Waals surface area (Å²) in [6.45, 7) is 2.17. The number of hydrogen-bond acceptors (Lipinski definition) is 8. The molecule has 7 unspecified atom stereocenters. The first-order chi connectivity index (χ1) is 15.9. The number of primary amides is 1. The van der Waals surface area contributed by atoms with Crippen molar-refractivity contribution in [3.8, 4) is 0 Å². The van der Waals surface area contributed by atoms with Crippen LogP contribution in [0.1, 0.15) is 24.8 Å². The summed E-state index contributed by atoms with van der Waals surface area (Å²) in [6, 6.07) is 10.2. The second-order valence-corrected chi connectivity index (χ2v) is 9.51. The molecule has 3 fully saturated rings. The Balaban J connectivity index is 1.38. The number of carbonyl (C=O) groups is 3. The second kappa shape index (κ2) is 6.98. The molecule has 1 aromatic carbocycles. The van der Waals surface area contributed by atoms with E-state index in [9.17, 15) is 14.4 Å². The number of ketones is 2. The predicted molar refractivity (Wildman–Crippen MR) is 117 cm³/mol. The fraction of sp³-hybridized carbons (Fsp3) is 0.500. The molecule has 0 bridgehead atoms. The standard InChI is InChI=1S/C24H26N4O5/c1-11-18(26-15-8-13(15)12-6-4-3-5-7-12)21(30)17-14(10-33-23(25)31)24(32-2)22-16(27-22)9-28(24)19(17)20(11)29/h3-7,11,13-16,22,27H,8-10H2,1-2H3,(H2,25,31). The van der Waals surface area contributed by atoms with Crippen molar-refractivity contribution in [2.24, 2.45) is 22.6 Å². The van der Waals surface area contributed by atoms with Gasteiger partial charge >= 0.3 is 6.09 Å². The van der Waals surface area contributed by atoms with Crippen LogP contribution in [0.15, 0.2) is 46.6 Å². The number of aliphatic imine (C=N–C) groups is 1. The summed E-state index contributed by atoms with van der Waals surface area (Å²) in [4.78, 5) is 45.5. The monoisotopic (exact) mass is 450 g/mol. The number of rotatable bonds is 5. The summed E-state index contributed by atoms with van der Waals surface area (Å²) >= 11 is 0. The third kappa shape index (κ3) is 2.78. The van der Waals surface area contributed by atoms with Crippen molar-refractivity contribution in [1.29, 1.82) is 0 Å². The molecule has 5 aliphatic rings. The lowest BCUT2D eigenvalue weighted by molar-refractivity contribution is -0.138. The van der Waals surface area contributed by atoms with Crippen molar-refractivity contribution < 1.29 is 23.9 Å². The first kappa shape index (κ1) is 20.6. The minimum absolute atomic E-state index is 0.0175. The Morgan fingerprint density at radius 1 is 1.30 bits per heavy atom. The molecule has 9 nitrogen and oxygen atoms in total. The Morgan fingerprint density at radius 2 is 2.06 bits per heavy atom. The van der Waals surface area contributed by atoms with Gasteiger partial charge in [-0.05, 0) is 18.9 Å². The Hall–Kier alpha value is -3.04. The predicted octanol–water partition coefficient (Wildman–Crippen LogP) is 0.749. The highest BCUT2D eigenvalue weighted by Crippen LogP contribution is 2.56. The molecule has 9 heteroatoms. The van der Waals surface area contributed by atoms with Crippen molar-refractivity contribution in [3.63, 3.8) is 0 Å². The number of nitrogens with one attached hydrogen (secondary N) is 1. The van der Waals surface area contributed by atoms with Crippen LogP contribution in [0.5, 0.6) is 0 Å². The van der Waals surface area contributed by atoms with E-state index in [1.807, 2.05) is 23.1 Å². The molecule has 33 heavy (non-hydrogen) atoms. The molecular formula is C24H26N4O5. The quantitative estimate of drug-likeness (QED) is 0.633. The van der Waals surface area contributed by atoms with Crippen molar-refractivity contribution in [2.75, 3.05) is 20.3 Å². The van der Waals surface area contributed by atoms with Gasteiger partial charge in [-0.3, -0.25) is 14.6 Å². The van der Waals surface area contributed by atoms with E-state index in [1.54, 1.807) is 14.0 Å². The van der Waals surface area contributed by atoms with Gasteiger partial charge in [0.25, 0.3) is 0 Å². The van der Waals surface area contributed by atoms with Crippen molar-refractivity contribution in [1.82, 2.24) is 10.2 Å². The summed E-state index contributed by atoms with van der Waals surface area (Å²) in [5.74, 6) is -1.40. The van der Waals surface area contributed by atoms with E-state index in [0.717, 1.165) is 6.42 Å². The normalized spacial score (nSPS) is 39.5. The molecule has 3 aliphatic heterocycles. The van der Waals surface area contributed by atoms with E-state index in [0.29, 0.717) is 23.5 Å². The summed E-state index contributed by atoms with van der Waals surface area (Å²) in [5, 5.41) is 3.36. The highest BCUT2D eigenvalue weighted by Gasteiger charge is 2.73. The number of allylic oxidation sites excluding steroid dienone is 1. The smallest absolute Gasteiger partial charge is 0.404 e. The lowest BCUT2D eigenvalue weighted by Crippen LogP contribution is -2.55. The van der Waals surface area contributed by atoms with E-state index in [2.05, 4.69) is 17.4 Å². The lowest BCUT2D eigenvalue weighted by atomic mass is 9.78. The molecule has 1 saturated carbocycles. The van der Waals surface area contributed by atoms with Gasteiger partial charge in [0.15, 0.2) is 11.5 Å². The summed E-state index contributed by atoms with van der Waals surface area (Å²) in [6.07, 6.45) is -0.0791. The van der Waals surface area contributed by atoms with Gasteiger partial charge < -0.3 is 25.4 Å². The number of ether oxygens (including phenoxy) is 2. The van der Waals surface area contributed by atoms with Gasteiger partial charge in [0, 0.05) is 31.2 Å². The Labute approximate surface area is 191 Å². The molecule has 172 valence electrons. The van der Waals surface area contributed by atoms with Gasteiger partial charge in [-0.1, -0.05) is 30.3 Å². The average Bonchev–Trinajstić information content (AvgIpc) is 3.71. The van der Waals surface area contributed by atoms with Crippen LogP contribution in [-0.2, 0) is 19.1 Å². The number of amides is 1. The molecule has 0 radical (unpaired) electrons. The first-order valence-corrected chi connectivity index (χ1v) is 11.3. The Kier molecular flexibility index (Phi) is 4.35. The number of methoxy groups -OCH3 is 1. The molecule has 0 spiro atoms. The van der Waals surface area contributed by atoms with Crippen LogP contribution in [0.3, 0.4) is 0 Å². The number of nitrogens with two attached hydrogens (primary N) is 1. The SMILES string of the molecule is COC12C(COC(N)=O)C3=C(C(=O)C(C)C(=NC4CC4c4ccccc4)C3=O)N1CC1NC12. The zero-order chi connectivity index (χ0) is 23.1. The maximum Gasteiger partial charge on any atom is 0.404 e. The Morgan fingerprint density at radius 3 is 2.76 bits per heavy atom. The van der Waals surface area contributed by atoms with Crippen LogP contribution < -0.4 is 11.1 Å². The minimum atomic E-state index is -0.961. The number of benzene rings is 1. The van der Waals surface area contributed by atoms with Crippen molar-refractivity contribution >= 4 is 23.4 Å². The van der Waals surface area contributed by atoms with Gasteiger partial charge in [0.2, 0.25) is 5.78 Å². The van der Waals surface area contributed by atoms with Gasteiger partial charge in [0.1, 0.15) is 6.61 Å². The zero-order valence-electron chi connectivity index (χ0n) is 18.5. The topological polar surface area (TPSA) is 133 Å². The number of piperazine rings is 1. The highest BCUT2D eigenvalue weighted by atomic mass is 16.6. The van der Waals surface area contributed by atoms with Gasteiger partial charge in [-0.25, -0.2) is 4.79 Å². The highest BCUT2D eigenvalue weighted by molar-refractivity contribution is 6.53. The van der Waals surface area contributed by atoms with E-state index in [1.165, 1.54) is 5.56 Å². The van der Waals surface area contributed by atoms with Gasteiger partial charge in [-0.15, -0.1) is 0 Å². The summed E-state index contributed by atoms with van der Waals surface area (Å²) in [7, 11) is 1.56. The molecule has 3 N–H and O–H groups in total. The van der Waals surface area contributed by atoms with Crippen LogP contribution >= 0.6 is 0 Å². The first-order valence-electron chi connectivity index (χ1n) is 11.3. The maximum atomic E-state index is 13.8. The average molecular weight is 450 g/mol. The van der Waals surface area contributed by atoms with Crippen molar-refractivity contribution in [3.05, 3.63) is 47.2 Å². The number of fused-ring (bicyclic) bond motifs is 4. The molecule has 1 aromatic rings. The number of hydrogen-bond donors (Lipinski definition) is 2. The van der Waals surface area contributed by atoms with Crippen LogP contribution in [0.25, 0.3) is 0 Å². The molecule has 1 amide bonds. The second-order valence-electron chi connectivity index (χ2n) is 9.51. The minimum Gasteiger partial charge on any atom is -0.449 e. The maximum absolute atomic E-state index is 13.8. The van der Waals surface area contributed by atoms with Gasteiger partial charge in [0.05, 0.1) is 35.3 Å². The molecule has 2 aliphatic carbocycles. The molecular weight excluding hydrogens is 424 g/mol. The van der Waals surface area contributed by atoms with Crippen LogP contribution in [0.2, 0.25) is 0 Å². The van der Waals surface area contributed by atoms with Crippen LogP contribution in [-0.4, -0.2) is 72.4 Å². The van der Waals surface area contributed by atoms with E-state index >= 15 is 0 Å². The van der Waals surface area contributed by atoms with E-state index in [-0.39, 0.29) is 42.2 Å². The molecule has 7 atom stereocenters. The number of Topliss-reactive ketones (excluding diaryl/α,β-unsaturated/α-hetero) is 2. The molecule has 2 saturated heterocycles. The van der Waals surface area contributed by atoms with Gasteiger partial charge in [-0.2, -0.15) is 0 Å². The van der Waals surface area contributed by atoms with E-state index < -0.39 is 23.7 Å². The molecule has 6 rings (SSSR count). The fourth-order valence-corrected chi connectivity index (χ4v) is 6.11. The zero-order valence-corrected chi connectivity index (χ0v) is 18.5. The molecule has 3 heterocycles. The van der Waals surface area contributed by atoms with Crippen LogP contribution in [0.4, 0.5) is 4.79 Å². The number of nitrogens with zero attached hydrogens (tertiary/aromatic N) is 2. The number of carbonyl (C=O) groups excluding carboxylic acids is 3. The fourth-order valence-electron chi connectivity index (χ4n) is 6.11. The largest absolute Gasteiger partial charge is 0.449 e. The Bertz CT molecular complexity index is 1130. The summed E-state index contributed by atoms with van der Waals surface area (Å²) in [5.41, 5.74) is 6.48. The third-order valence-electron chi connectivity index (χ3n) is 7.83. The summed E-state index contributed by atoms with van der Waals surface area (Å²) < 4.78 is 11.2. The molecule has 0 aromatic heterocycles. The van der Waals surface area contributed by atoms with E-state index in [4.69, 9.17) is 20.2 Å². The third-order valence-corrected chi connectivity index (χ3v) is 7.83. The van der Waals surface area contributed by atoms with Crippen molar-refractivity contribution in [2.45, 2.75) is 43.1 Å². The van der Waals surface area contributed by atoms with Crippen LogP contribution in [0, 0.1) is 11.8 Å².